The van der Waals surface area contributed by atoms with Crippen LogP contribution >= 0.6 is 28.1 Å². The molecule has 0 saturated carbocycles. The van der Waals surface area contributed by atoms with Crippen LogP contribution in [0.2, 0.25) is 0 Å². The first kappa shape index (κ1) is 14.0. The summed E-state index contributed by atoms with van der Waals surface area (Å²) in [5.41, 5.74) is 8.47. The van der Waals surface area contributed by atoms with E-state index in [4.69, 9.17) is 18.0 Å². The summed E-state index contributed by atoms with van der Waals surface area (Å²) in [6.45, 7) is 2.05. The highest BCUT2D eigenvalue weighted by Gasteiger charge is 2.12. The Hall–Kier alpha value is -1.46. The number of hydrogen-bond donors (Lipinski definition) is 2. The van der Waals surface area contributed by atoms with Gasteiger partial charge in [-0.05, 0) is 47.1 Å². The third-order valence-electron chi connectivity index (χ3n) is 2.76. The first-order chi connectivity index (χ1) is 9.09. The molecule has 3 nitrogen and oxygen atoms in total. The van der Waals surface area contributed by atoms with Gasteiger partial charge in [0, 0.05) is 21.9 Å². The molecule has 0 aliphatic rings. The first-order valence-corrected chi connectivity index (χ1v) is 7.05. The zero-order chi connectivity index (χ0) is 13.8. The maximum absolute atomic E-state index is 5.78. The third-order valence-corrected chi connectivity index (χ3v) is 3.63. The number of aromatic nitrogens is 1. The summed E-state index contributed by atoms with van der Waals surface area (Å²) in [4.78, 5) is 4.70. The highest BCUT2D eigenvalue weighted by atomic mass is 79.9. The number of hydrogen-bond acceptors (Lipinski definition) is 3. The average Bonchev–Trinajstić information content (AvgIpc) is 2.39. The standard InChI is InChI=1S/C14H14BrN3S/c1-9(11-6-2-3-8-17-11)18-12-7-4-5-10(15)13(12)14(16)19/h2-9,18H,1H3,(H2,16,19). The van der Waals surface area contributed by atoms with Gasteiger partial charge in [-0.1, -0.05) is 24.4 Å². The molecule has 1 aromatic carbocycles. The lowest BCUT2D eigenvalue weighted by atomic mass is 10.1. The number of anilines is 1. The van der Waals surface area contributed by atoms with Crippen molar-refractivity contribution in [3.63, 3.8) is 0 Å². The van der Waals surface area contributed by atoms with Crippen molar-refractivity contribution in [1.82, 2.24) is 4.98 Å². The summed E-state index contributed by atoms with van der Waals surface area (Å²) in [7, 11) is 0. The largest absolute Gasteiger partial charge is 0.389 e. The van der Waals surface area contributed by atoms with Gasteiger partial charge < -0.3 is 11.1 Å². The van der Waals surface area contributed by atoms with Crippen LogP contribution in [0.3, 0.4) is 0 Å². The summed E-state index contributed by atoms with van der Waals surface area (Å²) in [6, 6.07) is 11.7. The molecule has 1 atom stereocenters. The number of nitrogens with one attached hydrogen (secondary N) is 1. The molecule has 0 spiro atoms. The topological polar surface area (TPSA) is 50.9 Å². The Morgan fingerprint density at radius 2 is 2.11 bits per heavy atom. The maximum Gasteiger partial charge on any atom is 0.107 e. The second-order valence-corrected chi connectivity index (χ2v) is 5.44. The predicted octanol–water partition coefficient (Wildman–Crippen LogP) is 3.65. The summed E-state index contributed by atoms with van der Waals surface area (Å²) in [6.07, 6.45) is 1.78. The van der Waals surface area contributed by atoms with Crippen LogP contribution in [0.5, 0.6) is 0 Å². The number of nitrogens with zero attached hydrogens (tertiary/aromatic N) is 1. The average molecular weight is 336 g/mol. The zero-order valence-corrected chi connectivity index (χ0v) is 12.8. The van der Waals surface area contributed by atoms with Crippen LogP contribution in [-0.4, -0.2) is 9.97 Å². The van der Waals surface area contributed by atoms with Crippen molar-refractivity contribution >= 4 is 38.8 Å². The number of pyridine rings is 1. The van der Waals surface area contributed by atoms with Crippen molar-refractivity contribution in [2.45, 2.75) is 13.0 Å². The van der Waals surface area contributed by atoms with E-state index >= 15 is 0 Å². The zero-order valence-electron chi connectivity index (χ0n) is 10.4. The molecule has 0 fully saturated rings. The Labute approximate surface area is 126 Å². The normalized spacial score (nSPS) is 11.9. The van der Waals surface area contributed by atoms with E-state index in [-0.39, 0.29) is 6.04 Å². The van der Waals surface area contributed by atoms with Crippen LogP contribution in [-0.2, 0) is 0 Å². The van der Waals surface area contributed by atoms with E-state index in [0.717, 1.165) is 21.4 Å². The maximum atomic E-state index is 5.78. The summed E-state index contributed by atoms with van der Waals surface area (Å²) < 4.78 is 0.887. The molecule has 1 aromatic heterocycles. The second kappa shape index (κ2) is 6.12. The van der Waals surface area contributed by atoms with Crippen LogP contribution in [0.25, 0.3) is 0 Å². The van der Waals surface area contributed by atoms with Crippen LogP contribution < -0.4 is 11.1 Å². The number of rotatable bonds is 4. The molecule has 1 heterocycles. The van der Waals surface area contributed by atoms with Gasteiger partial charge in [-0.2, -0.15) is 0 Å². The van der Waals surface area contributed by atoms with Crippen LogP contribution in [0.1, 0.15) is 24.2 Å². The molecule has 2 rings (SSSR count). The number of nitrogens with two attached hydrogens (primary N) is 1. The smallest absolute Gasteiger partial charge is 0.107 e. The fourth-order valence-corrected chi connectivity index (χ4v) is 2.77. The lowest BCUT2D eigenvalue weighted by Gasteiger charge is -2.18. The van der Waals surface area contributed by atoms with Crippen LogP contribution in [0, 0.1) is 0 Å². The van der Waals surface area contributed by atoms with Crippen LogP contribution in [0.15, 0.2) is 47.1 Å². The summed E-state index contributed by atoms with van der Waals surface area (Å²) in [5, 5.41) is 3.39. The van der Waals surface area contributed by atoms with E-state index < -0.39 is 0 Å². The quantitative estimate of drug-likeness (QED) is 0.837. The molecule has 5 heteroatoms. The fraction of sp³-hybridized carbons (Fsp3) is 0.143. The minimum absolute atomic E-state index is 0.0728. The van der Waals surface area contributed by atoms with Gasteiger partial charge in [-0.15, -0.1) is 0 Å². The molecule has 0 radical (unpaired) electrons. The molecular weight excluding hydrogens is 322 g/mol. The molecule has 98 valence electrons. The van der Waals surface area contributed by atoms with Crippen molar-refractivity contribution in [3.05, 3.63) is 58.3 Å². The lowest BCUT2D eigenvalue weighted by molar-refractivity contribution is 0.839. The molecule has 0 aliphatic heterocycles. The molecule has 0 amide bonds. The van der Waals surface area contributed by atoms with E-state index in [2.05, 4.69) is 26.2 Å². The second-order valence-electron chi connectivity index (χ2n) is 4.15. The Balaban J connectivity index is 2.29. The van der Waals surface area contributed by atoms with E-state index in [1.165, 1.54) is 0 Å². The Bertz CT molecular complexity index is 586. The van der Waals surface area contributed by atoms with Crippen LogP contribution in [0.4, 0.5) is 5.69 Å². The van der Waals surface area contributed by atoms with Gasteiger partial charge in [-0.3, -0.25) is 4.98 Å². The van der Waals surface area contributed by atoms with Crippen molar-refractivity contribution in [2.24, 2.45) is 5.73 Å². The van der Waals surface area contributed by atoms with Crippen molar-refractivity contribution in [1.29, 1.82) is 0 Å². The monoisotopic (exact) mass is 335 g/mol. The van der Waals surface area contributed by atoms with E-state index in [1.807, 2.05) is 43.3 Å². The summed E-state index contributed by atoms with van der Waals surface area (Å²) >= 11 is 8.57. The number of halogens is 1. The van der Waals surface area contributed by atoms with Crippen molar-refractivity contribution in [3.8, 4) is 0 Å². The van der Waals surface area contributed by atoms with Gasteiger partial charge in [0.25, 0.3) is 0 Å². The molecular formula is C14H14BrN3S. The first-order valence-electron chi connectivity index (χ1n) is 5.85. The number of thiocarbonyl (C=S) groups is 1. The lowest BCUT2D eigenvalue weighted by Crippen LogP contribution is -2.16. The van der Waals surface area contributed by atoms with Gasteiger partial charge in [0.05, 0.1) is 11.7 Å². The molecule has 0 aliphatic carbocycles. The van der Waals surface area contributed by atoms with Gasteiger partial charge in [0.1, 0.15) is 4.99 Å². The van der Waals surface area contributed by atoms with E-state index in [1.54, 1.807) is 6.20 Å². The molecule has 19 heavy (non-hydrogen) atoms. The van der Waals surface area contributed by atoms with E-state index in [9.17, 15) is 0 Å². The SMILES string of the molecule is CC(Nc1cccc(Br)c1C(N)=S)c1ccccn1. The highest BCUT2D eigenvalue weighted by molar-refractivity contribution is 9.10. The Morgan fingerprint density at radius 1 is 1.32 bits per heavy atom. The van der Waals surface area contributed by atoms with Gasteiger partial charge in [0.15, 0.2) is 0 Å². The molecule has 0 bridgehead atoms. The van der Waals surface area contributed by atoms with Crippen molar-refractivity contribution < 1.29 is 0 Å². The minimum Gasteiger partial charge on any atom is -0.389 e. The molecule has 0 saturated heterocycles. The van der Waals surface area contributed by atoms with Gasteiger partial charge in [-0.25, -0.2) is 0 Å². The van der Waals surface area contributed by atoms with Gasteiger partial charge in [0.2, 0.25) is 0 Å². The summed E-state index contributed by atoms with van der Waals surface area (Å²) in [5.74, 6) is 0. The Kier molecular flexibility index (Phi) is 4.50. The minimum atomic E-state index is 0.0728. The highest BCUT2D eigenvalue weighted by Crippen LogP contribution is 2.27. The molecule has 2 aromatic rings. The predicted molar refractivity (Wildman–Crippen MR) is 86.3 cm³/mol. The molecule has 1 unspecified atom stereocenters. The number of benzene rings is 1. The Morgan fingerprint density at radius 3 is 2.74 bits per heavy atom. The third kappa shape index (κ3) is 3.30. The fourth-order valence-electron chi connectivity index (χ4n) is 1.83. The van der Waals surface area contributed by atoms with E-state index in [0.29, 0.717) is 4.99 Å². The van der Waals surface area contributed by atoms with Gasteiger partial charge >= 0.3 is 0 Å². The molecule has 3 N–H and O–H groups in total. The van der Waals surface area contributed by atoms with Crippen molar-refractivity contribution in [2.75, 3.05) is 5.32 Å².